The van der Waals surface area contributed by atoms with E-state index in [1.165, 1.54) is 6.07 Å². The van der Waals surface area contributed by atoms with E-state index in [1.54, 1.807) is 33.8 Å². The lowest BCUT2D eigenvalue weighted by atomic mass is 10.0. The summed E-state index contributed by atoms with van der Waals surface area (Å²) in [6.07, 6.45) is -0.654. The van der Waals surface area contributed by atoms with Crippen LogP contribution in [0.2, 0.25) is 0 Å². The van der Waals surface area contributed by atoms with Crippen molar-refractivity contribution in [2.45, 2.75) is 46.2 Å². The number of Topliss-reactive ketones (excluding diaryl/α,β-unsaturated/α-hetero) is 1. The van der Waals surface area contributed by atoms with Gasteiger partial charge in [0.1, 0.15) is 23.7 Å². The van der Waals surface area contributed by atoms with Crippen LogP contribution >= 0.6 is 0 Å². The maximum atomic E-state index is 13.1. The van der Waals surface area contributed by atoms with Gasteiger partial charge in [0.05, 0.1) is 6.42 Å². The Hall–Kier alpha value is -4.54. The van der Waals surface area contributed by atoms with Gasteiger partial charge in [0.15, 0.2) is 19.0 Å². The molecule has 3 aromatic rings. The number of fused-ring (bicyclic) bond motifs is 1. The van der Waals surface area contributed by atoms with Gasteiger partial charge in [0, 0.05) is 17.1 Å². The summed E-state index contributed by atoms with van der Waals surface area (Å²) in [4.78, 5) is 58.1. The van der Waals surface area contributed by atoms with E-state index in [2.05, 4.69) is 20.6 Å². The number of nitrogens with one attached hydrogen (secondary N) is 2. The number of ketones is 1. The fourth-order valence-corrected chi connectivity index (χ4v) is 3.90. The van der Waals surface area contributed by atoms with Crippen molar-refractivity contribution in [1.82, 2.24) is 20.6 Å². The Kier molecular flexibility index (Phi) is 9.91. The first-order valence-corrected chi connectivity index (χ1v) is 12.4. The van der Waals surface area contributed by atoms with Gasteiger partial charge in [-0.2, -0.15) is 4.98 Å². The SMILES string of the molecule is Cc1cc(OCC(=O)[C@H](CC(=O)O)NC(=O)[C@@H](NC(=O)COc2cccc3ccccc23)C(C)C)nc(C)n1. The molecule has 39 heavy (non-hydrogen) atoms. The highest BCUT2D eigenvalue weighted by Crippen LogP contribution is 2.25. The molecule has 0 bridgehead atoms. The average Bonchev–Trinajstić information content (AvgIpc) is 2.87. The number of ether oxygens (including phenoxy) is 2. The summed E-state index contributed by atoms with van der Waals surface area (Å²) in [6, 6.07) is 12.2. The number of hydrogen-bond donors (Lipinski definition) is 3. The predicted molar refractivity (Wildman–Crippen MR) is 142 cm³/mol. The van der Waals surface area contributed by atoms with Crippen molar-refractivity contribution in [2.24, 2.45) is 5.92 Å². The first kappa shape index (κ1) is 29.0. The number of carboxylic acid groups (broad SMARTS) is 1. The first-order chi connectivity index (χ1) is 18.5. The summed E-state index contributed by atoms with van der Waals surface area (Å²) < 4.78 is 11.1. The van der Waals surface area contributed by atoms with Crippen molar-refractivity contribution < 1.29 is 33.8 Å². The molecule has 0 radical (unpaired) electrons. The van der Waals surface area contributed by atoms with Crippen molar-refractivity contribution in [2.75, 3.05) is 13.2 Å². The molecule has 1 aromatic heterocycles. The van der Waals surface area contributed by atoms with Crippen LogP contribution in [0, 0.1) is 19.8 Å². The Morgan fingerprint density at radius 1 is 0.923 bits per heavy atom. The van der Waals surface area contributed by atoms with Gasteiger partial charge in [0.25, 0.3) is 5.91 Å². The highest BCUT2D eigenvalue weighted by molar-refractivity contribution is 5.95. The Morgan fingerprint density at radius 3 is 2.33 bits per heavy atom. The van der Waals surface area contributed by atoms with E-state index in [9.17, 15) is 24.3 Å². The summed E-state index contributed by atoms with van der Waals surface area (Å²) in [5.74, 6) is -2.42. The molecule has 0 saturated heterocycles. The number of carbonyl (C=O) groups is 4. The topological polar surface area (TPSA) is 157 Å². The van der Waals surface area contributed by atoms with Crippen molar-refractivity contribution in [3.8, 4) is 11.6 Å². The summed E-state index contributed by atoms with van der Waals surface area (Å²) in [7, 11) is 0. The molecule has 0 unspecified atom stereocenters. The van der Waals surface area contributed by atoms with Crippen LogP contribution in [-0.2, 0) is 19.2 Å². The molecular weight excluding hydrogens is 504 g/mol. The second-order valence-electron chi connectivity index (χ2n) is 9.36. The minimum Gasteiger partial charge on any atom is -0.483 e. The van der Waals surface area contributed by atoms with E-state index in [0.29, 0.717) is 17.3 Å². The van der Waals surface area contributed by atoms with E-state index in [-0.39, 0.29) is 18.4 Å². The molecule has 2 atom stereocenters. The van der Waals surface area contributed by atoms with E-state index in [1.807, 2.05) is 36.4 Å². The molecule has 0 spiro atoms. The van der Waals surface area contributed by atoms with E-state index in [4.69, 9.17) is 9.47 Å². The lowest BCUT2D eigenvalue weighted by molar-refractivity contribution is -0.141. The minimum absolute atomic E-state index is 0.160. The van der Waals surface area contributed by atoms with Gasteiger partial charge in [-0.25, -0.2) is 4.98 Å². The lowest BCUT2D eigenvalue weighted by Crippen LogP contribution is -2.55. The number of benzene rings is 2. The maximum Gasteiger partial charge on any atom is 0.305 e. The number of aromatic nitrogens is 2. The molecule has 0 fully saturated rings. The molecule has 11 heteroatoms. The number of hydrogen-bond acceptors (Lipinski definition) is 8. The molecular formula is C28H32N4O7. The summed E-state index contributed by atoms with van der Waals surface area (Å²) in [5.41, 5.74) is 0.639. The number of carboxylic acids is 1. The molecule has 3 N–H and O–H groups in total. The average molecular weight is 537 g/mol. The summed E-state index contributed by atoms with van der Waals surface area (Å²) in [5, 5.41) is 16.2. The molecule has 3 rings (SSSR count). The number of aliphatic carboxylic acids is 1. The monoisotopic (exact) mass is 536 g/mol. The van der Waals surface area contributed by atoms with Crippen LogP contribution in [0.4, 0.5) is 0 Å². The van der Waals surface area contributed by atoms with E-state index in [0.717, 1.165) is 10.8 Å². The number of carbonyl (C=O) groups excluding carboxylic acids is 3. The zero-order valence-electron chi connectivity index (χ0n) is 22.3. The lowest BCUT2D eigenvalue weighted by Gasteiger charge is -2.24. The van der Waals surface area contributed by atoms with Gasteiger partial charge >= 0.3 is 5.97 Å². The van der Waals surface area contributed by atoms with Gasteiger partial charge < -0.3 is 25.2 Å². The highest BCUT2D eigenvalue weighted by atomic mass is 16.5. The predicted octanol–water partition coefficient (Wildman–Crippen LogP) is 2.37. The van der Waals surface area contributed by atoms with Crippen LogP contribution in [-0.4, -0.2) is 63.9 Å². The molecule has 0 saturated carbocycles. The Balaban J connectivity index is 1.62. The molecule has 206 valence electrons. The van der Waals surface area contributed by atoms with Crippen LogP contribution in [0.5, 0.6) is 11.6 Å². The Labute approximate surface area is 225 Å². The second-order valence-corrected chi connectivity index (χ2v) is 9.36. The maximum absolute atomic E-state index is 13.1. The number of rotatable bonds is 13. The fraction of sp³-hybridized carbons (Fsp3) is 0.357. The van der Waals surface area contributed by atoms with E-state index >= 15 is 0 Å². The molecule has 11 nitrogen and oxygen atoms in total. The number of nitrogens with zero attached hydrogens (tertiary/aromatic N) is 2. The zero-order chi connectivity index (χ0) is 28.5. The number of aryl methyl sites for hydroxylation is 2. The van der Waals surface area contributed by atoms with Gasteiger partial charge in [0.2, 0.25) is 11.8 Å². The minimum atomic E-state index is -1.37. The van der Waals surface area contributed by atoms with E-state index < -0.39 is 48.7 Å². The van der Waals surface area contributed by atoms with Crippen LogP contribution in [0.3, 0.4) is 0 Å². The van der Waals surface area contributed by atoms with Gasteiger partial charge in [-0.1, -0.05) is 50.2 Å². The Morgan fingerprint density at radius 2 is 1.64 bits per heavy atom. The first-order valence-electron chi connectivity index (χ1n) is 12.4. The second kappa shape index (κ2) is 13.3. The normalized spacial score (nSPS) is 12.4. The van der Waals surface area contributed by atoms with Gasteiger partial charge in [-0.15, -0.1) is 0 Å². The van der Waals surface area contributed by atoms with Crippen molar-refractivity contribution in [3.05, 3.63) is 60.0 Å². The standard InChI is InChI=1S/C28H32N4O7/c1-16(2)27(32-24(34)15-38-23-11-7-9-19-8-5-6-10-20(19)23)28(37)31-21(13-26(35)36)22(33)14-39-25-12-17(3)29-18(4)30-25/h5-12,16,21,27H,13-15H2,1-4H3,(H,31,37)(H,32,34)(H,35,36)/t21-,27-/m0/s1. The van der Waals surface area contributed by atoms with Crippen LogP contribution in [0.1, 0.15) is 31.8 Å². The van der Waals surface area contributed by atoms with Crippen LogP contribution in [0.15, 0.2) is 48.5 Å². The molecule has 2 aromatic carbocycles. The summed E-state index contributed by atoms with van der Waals surface area (Å²) in [6.45, 7) is 5.99. The van der Waals surface area contributed by atoms with Crippen molar-refractivity contribution in [1.29, 1.82) is 0 Å². The highest BCUT2D eigenvalue weighted by Gasteiger charge is 2.30. The Bertz CT molecular complexity index is 1330. The molecule has 0 aliphatic rings. The third kappa shape index (κ3) is 8.49. The molecule has 1 heterocycles. The zero-order valence-corrected chi connectivity index (χ0v) is 22.3. The third-order valence-corrected chi connectivity index (χ3v) is 5.76. The van der Waals surface area contributed by atoms with Gasteiger partial charge in [-0.3, -0.25) is 19.2 Å². The van der Waals surface area contributed by atoms with Crippen molar-refractivity contribution >= 4 is 34.3 Å². The van der Waals surface area contributed by atoms with Crippen LogP contribution in [0.25, 0.3) is 10.8 Å². The fourth-order valence-electron chi connectivity index (χ4n) is 3.90. The largest absolute Gasteiger partial charge is 0.483 e. The third-order valence-electron chi connectivity index (χ3n) is 5.76. The summed E-state index contributed by atoms with van der Waals surface area (Å²) >= 11 is 0. The van der Waals surface area contributed by atoms with Crippen LogP contribution < -0.4 is 20.1 Å². The number of amides is 2. The molecule has 0 aliphatic heterocycles. The van der Waals surface area contributed by atoms with Crippen molar-refractivity contribution in [3.63, 3.8) is 0 Å². The van der Waals surface area contributed by atoms with Gasteiger partial charge in [-0.05, 0) is 31.2 Å². The molecule has 2 amide bonds. The molecule has 0 aliphatic carbocycles. The quantitative estimate of drug-likeness (QED) is 0.298. The smallest absolute Gasteiger partial charge is 0.305 e.